The second-order valence-corrected chi connectivity index (χ2v) is 11.0. The molecule has 4 amide bonds. The van der Waals surface area contributed by atoms with Crippen LogP contribution >= 0.6 is 0 Å². The van der Waals surface area contributed by atoms with Crippen LogP contribution in [0.4, 0.5) is 18.0 Å². The number of imide groups is 1. The maximum Gasteiger partial charge on any atom is 0.413 e. The van der Waals surface area contributed by atoms with Gasteiger partial charge in [0.05, 0.1) is 24.5 Å². The monoisotopic (exact) mass is 645 g/mol. The Morgan fingerprint density at radius 2 is 1.53 bits per heavy atom. The first-order valence-corrected chi connectivity index (χ1v) is 15.0. The van der Waals surface area contributed by atoms with E-state index in [2.05, 4.69) is 9.88 Å². The molecule has 1 saturated heterocycles. The molecule has 1 aromatic heterocycles. The van der Waals surface area contributed by atoms with Crippen molar-refractivity contribution in [3.8, 4) is 22.4 Å². The maximum absolute atomic E-state index is 14.7. The number of aromatic nitrogens is 1. The van der Waals surface area contributed by atoms with Crippen molar-refractivity contribution in [1.82, 2.24) is 19.7 Å². The van der Waals surface area contributed by atoms with E-state index in [1.54, 1.807) is 61.8 Å². The van der Waals surface area contributed by atoms with Crippen molar-refractivity contribution in [3.05, 3.63) is 114 Å². The van der Waals surface area contributed by atoms with Crippen molar-refractivity contribution in [1.29, 1.82) is 0 Å². The Morgan fingerprint density at radius 3 is 2.13 bits per heavy atom. The fourth-order valence-electron chi connectivity index (χ4n) is 5.65. The first-order chi connectivity index (χ1) is 22.6. The molecule has 2 heterocycles. The van der Waals surface area contributed by atoms with Gasteiger partial charge in [-0.1, -0.05) is 72.8 Å². The van der Waals surface area contributed by atoms with Gasteiger partial charge in [0.2, 0.25) is 0 Å². The quantitative estimate of drug-likeness (QED) is 0.252. The van der Waals surface area contributed by atoms with Gasteiger partial charge in [-0.3, -0.25) is 19.5 Å². The summed E-state index contributed by atoms with van der Waals surface area (Å²) in [5.74, 6) is -1.78. The Kier molecular flexibility index (Phi) is 10.3. The van der Waals surface area contributed by atoms with E-state index < -0.39 is 30.1 Å². The minimum absolute atomic E-state index is 0.00788. The third kappa shape index (κ3) is 7.50. The van der Waals surface area contributed by atoms with Crippen LogP contribution in [0, 0.1) is 0 Å². The third-order valence-corrected chi connectivity index (χ3v) is 7.99. The van der Waals surface area contributed by atoms with Crippen LogP contribution in [0.1, 0.15) is 32.3 Å². The second-order valence-electron chi connectivity index (χ2n) is 11.0. The fourth-order valence-corrected chi connectivity index (χ4v) is 5.65. The number of halogens is 3. The molecular formula is C35H34F3N5O4. The van der Waals surface area contributed by atoms with E-state index in [9.17, 15) is 27.6 Å². The lowest BCUT2D eigenvalue weighted by Gasteiger charge is -2.32. The molecule has 0 saturated carbocycles. The van der Waals surface area contributed by atoms with Crippen molar-refractivity contribution in [2.24, 2.45) is 5.73 Å². The molecule has 2 N–H and O–H groups in total. The average Bonchev–Trinajstić information content (AvgIpc) is 3.09. The number of benzene rings is 3. The maximum atomic E-state index is 14.7. The molecule has 47 heavy (non-hydrogen) atoms. The Hall–Kier alpha value is -5.07. The number of nitrogens with zero attached hydrogens (tertiary/aromatic N) is 4. The van der Waals surface area contributed by atoms with Crippen molar-refractivity contribution >= 4 is 17.8 Å². The van der Waals surface area contributed by atoms with Crippen LogP contribution in [0.3, 0.4) is 0 Å². The van der Waals surface area contributed by atoms with Crippen LogP contribution in [-0.2, 0) is 4.74 Å². The number of carbonyl (C=O) groups excluding carboxylic acids is 3. The molecule has 5 rings (SSSR count). The van der Waals surface area contributed by atoms with Gasteiger partial charge < -0.3 is 15.4 Å². The van der Waals surface area contributed by atoms with E-state index >= 15 is 0 Å². The molecule has 12 heteroatoms. The molecule has 0 radical (unpaired) electrons. The summed E-state index contributed by atoms with van der Waals surface area (Å²) in [5, 5.41) is 0. The normalized spacial score (nSPS) is 14.3. The molecule has 1 aliphatic rings. The van der Waals surface area contributed by atoms with E-state index in [4.69, 9.17) is 10.5 Å². The molecule has 0 bridgehead atoms. The lowest BCUT2D eigenvalue weighted by molar-refractivity contribution is -0.172. The lowest BCUT2D eigenvalue weighted by atomic mass is 9.87. The van der Waals surface area contributed by atoms with Gasteiger partial charge in [0.15, 0.2) is 6.04 Å². The van der Waals surface area contributed by atoms with Gasteiger partial charge in [0, 0.05) is 56.1 Å². The molecule has 4 aromatic rings. The highest BCUT2D eigenvalue weighted by molar-refractivity contribution is 6.15. The zero-order chi connectivity index (χ0) is 33.6. The zero-order valence-corrected chi connectivity index (χ0v) is 25.7. The number of primary amides is 1. The van der Waals surface area contributed by atoms with Gasteiger partial charge in [0.25, 0.3) is 11.8 Å². The summed E-state index contributed by atoms with van der Waals surface area (Å²) in [6, 6.07) is 18.6. The van der Waals surface area contributed by atoms with E-state index in [1.807, 2.05) is 0 Å². The standard InChI is InChI=1S/C35H34F3N5O4/c1-41(18-19-42-20-22-47-23-21-42)33(45)30-26(28-14-8-9-17-40-28)15-16-27(29(30)24-10-4-2-5-11-24)32(44)43(34(39)46)31(35(36,37)38)25-12-6-3-7-13-25/h2-17,31H,18-23H2,1H3,(H2,39,46). The summed E-state index contributed by atoms with van der Waals surface area (Å²) < 4.78 is 49.4. The minimum atomic E-state index is -5.06. The minimum Gasteiger partial charge on any atom is -0.379 e. The van der Waals surface area contributed by atoms with Gasteiger partial charge in [-0.05, 0) is 29.3 Å². The zero-order valence-electron chi connectivity index (χ0n) is 25.7. The van der Waals surface area contributed by atoms with E-state index in [0.29, 0.717) is 56.2 Å². The number of hydrogen-bond acceptors (Lipinski definition) is 6. The lowest BCUT2D eigenvalue weighted by Crippen LogP contribution is -2.48. The number of carbonyl (C=O) groups is 3. The number of rotatable bonds is 9. The molecule has 0 aliphatic carbocycles. The molecule has 1 fully saturated rings. The van der Waals surface area contributed by atoms with Crippen LogP contribution < -0.4 is 5.73 Å². The number of hydrogen-bond donors (Lipinski definition) is 1. The number of morpholine rings is 1. The molecular weight excluding hydrogens is 611 g/mol. The van der Waals surface area contributed by atoms with Gasteiger partial charge in [0.1, 0.15) is 0 Å². The molecule has 244 valence electrons. The second kappa shape index (κ2) is 14.6. The molecule has 1 atom stereocenters. The van der Waals surface area contributed by atoms with Crippen LogP contribution in [0.5, 0.6) is 0 Å². The summed E-state index contributed by atoms with van der Waals surface area (Å²) in [5.41, 5.74) is 6.17. The topological polar surface area (TPSA) is 109 Å². The highest BCUT2D eigenvalue weighted by atomic mass is 19.4. The Labute approximate surface area is 270 Å². The van der Waals surface area contributed by atoms with E-state index in [1.165, 1.54) is 47.4 Å². The smallest absolute Gasteiger partial charge is 0.379 e. The predicted octanol–water partition coefficient (Wildman–Crippen LogP) is 5.64. The summed E-state index contributed by atoms with van der Waals surface area (Å²) in [6.07, 6.45) is -3.51. The van der Waals surface area contributed by atoms with Crippen LogP contribution in [-0.4, -0.2) is 90.1 Å². The summed E-state index contributed by atoms with van der Waals surface area (Å²) >= 11 is 0. The van der Waals surface area contributed by atoms with Gasteiger partial charge >= 0.3 is 12.2 Å². The summed E-state index contributed by atoms with van der Waals surface area (Å²) in [6.45, 7) is 3.48. The number of nitrogens with two attached hydrogens (primary N) is 1. The van der Waals surface area contributed by atoms with Crippen molar-refractivity contribution in [3.63, 3.8) is 0 Å². The number of amides is 4. The first-order valence-electron chi connectivity index (χ1n) is 15.0. The molecule has 1 unspecified atom stereocenters. The summed E-state index contributed by atoms with van der Waals surface area (Å²) in [7, 11) is 1.62. The predicted molar refractivity (Wildman–Crippen MR) is 170 cm³/mol. The number of alkyl halides is 3. The highest BCUT2D eigenvalue weighted by Crippen LogP contribution is 2.41. The average molecular weight is 646 g/mol. The van der Waals surface area contributed by atoms with Crippen molar-refractivity contribution in [2.45, 2.75) is 12.2 Å². The number of urea groups is 1. The summed E-state index contributed by atoms with van der Waals surface area (Å²) in [4.78, 5) is 49.7. The van der Waals surface area contributed by atoms with E-state index in [-0.39, 0.29) is 27.2 Å². The molecule has 1 aliphatic heterocycles. The Balaban J connectivity index is 1.70. The molecule has 0 spiro atoms. The third-order valence-electron chi connectivity index (χ3n) is 7.99. The number of pyridine rings is 1. The fraction of sp³-hybridized carbons (Fsp3) is 0.257. The van der Waals surface area contributed by atoms with Crippen LogP contribution in [0.25, 0.3) is 22.4 Å². The van der Waals surface area contributed by atoms with Gasteiger partial charge in [-0.2, -0.15) is 13.2 Å². The van der Waals surface area contributed by atoms with Crippen LogP contribution in [0.2, 0.25) is 0 Å². The number of likely N-dealkylation sites (N-methyl/N-ethyl adjacent to an activating group) is 1. The van der Waals surface area contributed by atoms with Crippen LogP contribution in [0.15, 0.2) is 97.2 Å². The van der Waals surface area contributed by atoms with Crippen molar-refractivity contribution < 1.29 is 32.3 Å². The highest BCUT2D eigenvalue weighted by Gasteiger charge is 2.49. The van der Waals surface area contributed by atoms with E-state index in [0.717, 1.165) is 0 Å². The van der Waals surface area contributed by atoms with Gasteiger partial charge in [-0.15, -0.1) is 0 Å². The number of ether oxygens (including phenoxy) is 1. The molecule has 9 nitrogen and oxygen atoms in total. The largest absolute Gasteiger partial charge is 0.413 e. The molecule has 3 aromatic carbocycles. The Bertz CT molecular complexity index is 1700. The Morgan fingerprint density at radius 1 is 0.894 bits per heavy atom. The SMILES string of the molecule is CN(CCN1CCOCC1)C(=O)c1c(-c2ccccn2)ccc(C(=O)N(C(N)=O)C(c2ccccc2)C(F)(F)F)c1-c1ccccc1. The van der Waals surface area contributed by atoms with Crippen molar-refractivity contribution in [2.75, 3.05) is 46.4 Å². The first kappa shape index (κ1) is 33.3. The van der Waals surface area contributed by atoms with Gasteiger partial charge in [-0.25, -0.2) is 9.69 Å².